The Hall–Kier alpha value is -2.24. The first-order valence-electron chi connectivity index (χ1n) is 5.74. The molecule has 0 saturated carbocycles. The van der Waals surface area contributed by atoms with Gasteiger partial charge in [0.15, 0.2) is 6.61 Å². The van der Waals surface area contributed by atoms with Gasteiger partial charge in [-0.2, -0.15) is 23.7 Å². The monoisotopic (exact) mass is 313 g/mol. The maximum atomic E-state index is 12.3. The molecule has 0 atom stereocenters. The second kappa shape index (κ2) is 6.97. The molecule has 0 aliphatic carbocycles. The summed E-state index contributed by atoms with van der Waals surface area (Å²) >= 11 is 1.05. The van der Waals surface area contributed by atoms with Gasteiger partial charge in [-0.15, -0.1) is 6.42 Å². The molecule has 0 spiro atoms. The number of ether oxygens (including phenoxy) is 1. The van der Waals surface area contributed by atoms with E-state index < -0.39 is 24.4 Å². The zero-order valence-corrected chi connectivity index (χ0v) is 11.6. The Morgan fingerprint density at radius 3 is 2.48 bits per heavy atom. The number of nitriles is 2. The van der Waals surface area contributed by atoms with Crippen molar-refractivity contribution >= 4 is 11.3 Å². The molecule has 0 N–H and O–H groups in total. The molecule has 0 unspecified atom stereocenters. The van der Waals surface area contributed by atoms with E-state index in [1.165, 1.54) is 6.20 Å². The molecule has 0 aromatic carbocycles. The van der Waals surface area contributed by atoms with Crippen LogP contribution in [0.4, 0.5) is 13.2 Å². The molecule has 0 saturated heterocycles. The molecular weight excluding hydrogens is 303 g/mol. The van der Waals surface area contributed by atoms with Crippen LogP contribution in [-0.2, 0) is 6.42 Å². The summed E-state index contributed by atoms with van der Waals surface area (Å²) < 4.78 is 41.9. The third-order valence-electron chi connectivity index (χ3n) is 2.55. The van der Waals surface area contributed by atoms with Crippen LogP contribution in [0.5, 0.6) is 5.19 Å². The third kappa shape index (κ3) is 5.33. The Morgan fingerprint density at radius 2 is 1.95 bits per heavy atom. The van der Waals surface area contributed by atoms with Gasteiger partial charge in [0.2, 0.25) is 0 Å². The highest BCUT2D eigenvalue weighted by atomic mass is 32.1. The summed E-state index contributed by atoms with van der Waals surface area (Å²) in [4.78, 5) is 4.37. The summed E-state index contributed by atoms with van der Waals surface area (Å²) in [5.74, 6) is 2.25. The van der Waals surface area contributed by atoms with Crippen LogP contribution < -0.4 is 4.74 Å². The SMILES string of the molecule is C#CCOc1ncc(CC(C#N)(C#N)CCC(F)(F)F)s1. The number of terminal acetylenes is 1. The quantitative estimate of drug-likeness (QED) is 0.757. The molecular formula is C13H10F3N3OS. The van der Waals surface area contributed by atoms with E-state index in [4.69, 9.17) is 21.7 Å². The lowest BCUT2D eigenvalue weighted by Gasteiger charge is -2.18. The average Bonchev–Trinajstić information content (AvgIpc) is 2.88. The van der Waals surface area contributed by atoms with Crippen LogP contribution in [0.25, 0.3) is 0 Å². The van der Waals surface area contributed by atoms with Crippen LogP contribution in [0.2, 0.25) is 0 Å². The number of halogens is 3. The lowest BCUT2D eigenvalue weighted by molar-refractivity contribution is -0.138. The first kappa shape index (κ1) is 16.8. The zero-order valence-electron chi connectivity index (χ0n) is 10.8. The third-order valence-corrected chi connectivity index (χ3v) is 3.46. The second-order valence-electron chi connectivity index (χ2n) is 4.18. The minimum Gasteiger partial charge on any atom is -0.457 e. The number of hydrogen-bond donors (Lipinski definition) is 0. The molecule has 0 amide bonds. The number of thiazole rings is 1. The first-order valence-corrected chi connectivity index (χ1v) is 6.56. The van der Waals surface area contributed by atoms with E-state index in [0.717, 1.165) is 11.3 Å². The zero-order chi connectivity index (χ0) is 15.9. The van der Waals surface area contributed by atoms with Crippen molar-refractivity contribution in [2.45, 2.75) is 25.4 Å². The number of rotatable bonds is 6. The van der Waals surface area contributed by atoms with Gasteiger partial charge in [0, 0.05) is 23.9 Å². The predicted molar refractivity (Wildman–Crippen MR) is 69.1 cm³/mol. The van der Waals surface area contributed by atoms with E-state index in [1.807, 2.05) is 0 Å². The summed E-state index contributed by atoms with van der Waals surface area (Å²) in [5.41, 5.74) is -1.73. The largest absolute Gasteiger partial charge is 0.457 e. The van der Waals surface area contributed by atoms with Gasteiger partial charge < -0.3 is 4.74 Å². The van der Waals surface area contributed by atoms with E-state index in [1.54, 1.807) is 12.1 Å². The van der Waals surface area contributed by atoms with Crippen LogP contribution >= 0.6 is 11.3 Å². The molecule has 1 heterocycles. The van der Waals surface area contributed by atoms with E-state index >= 15 is 0 Å². The van der Waals surface area contributed by atoms with Crippen LogP contribution in [0.3, 0.4) is 0 Å². The number of aromatic nitrogens is 1. The standard InChI is InChI=1S/C13H10F3N3OS/c1-2-5-20-11-19-7-10(21-11)6-12(8-17,9-18)3-4-13(14,15)16/h1,7H,3-6H2. The maximum absolute atomic E-state index is 12.3. The molecule has 8 heteroatoms. The molecule has 0 aliphatic heterocycles. The normalized spacial score (nSPS) is 11.2. The molecule has 4 nitrogen and oxygen atoms in total. The fourth-order valence-electron chi connectivity index (χ4n) is 1.50. The summed E-state index contributed by atoms with van der Waals surface area (Å²) in [6.07, 6.45) is 0.0767. The van der Waals surface area contributed by atoms with Gasteiger partial charge in [-0.3, -0.25) is 0 Å². The van der Waals surface area contributed by atoms with Crippen molar-refractivity contribution in [1.29, 1.82) is 10.5 Å². The van der Waals surface area contributed by atoms with Crippen molar-refractivity contribution in [3.8, 4) is 29.7 Å². The minimum absolute atomic E-state index is 0.0165. The fraction of sp³-hybridized carbons (Fsp3) is 0.462. The van der Waals surface area contributed by atoms with Crippen molar-refractivity contribution in [2.75, 3.05) is 6.61 Å². The van der Waals surface area contributed by atoms with Gasteiger partial charge in [-0.25, -0.2) is 4.98 Å². The van der Waals surface area contributed by atoms with Crippen LogP contribution in [0.1, 0.15) is 17.7 Å². The molecule has 0 bridgehead atoms. The van der Waals surface area contributed by atoms with Crippen LogP contribution in [0.15, 0.2) is 6.20 Å². The molecule has 110 valence electrons. The summed E-state index contributed by atoms with van der Waals surface area (Å²) in [6, 6.07) is 3.37. The van der Waals surface area contributed by atoms with E-state index in [2.05, 4.69) is 10.9 Å². The fourth-order valence-corrected chi connectivity index (χ4v) is 2.37. The summed E-state index contributed by atoms with van der Waals surface area (Å²) in [7, 11) is 0. The second-order valence-corrected chi connectivity index (χ2v) is 5.26. The topological polar surface area (TPSA) is 69.7 Å². The van der Waals surface area contributed by atoms with Crippen LogP contribution in [-0.4, -0.2) is 17.8 Å². The molecule has 0 radical (unpaired) electrons. The Balaban J connectivity index is 2.79. The highest BCUT2D eigenvalue weighted by Gasteiger charge is 2.37. The molecule has 1 aromatic heterocycles. The molecule has 1 rings (SSSR count). The Morgan fingerprint density at radius 1 is 1.29 bits per heavy atom. The van der Waals surface area contributed by atoms with Gasteiger partial charge in [0.1, 0.15) is 5.41 Å². The Labute approximate surface area is 123 Å². The minimum atomic E-state index is -4.41. The van der Waals surface area contributed by atoms with Crippen molar-refractivity contribution in [1.82, 2.24) is 4.98 Å². The van der Waals surface area contributed by atoms with Crippen molar-refractivity contribution < 1.29 is 17.9 Å². The van der Waals surface area contributed by atoms with Gasteiger partial charge >= 0.3 is 6.18 Å². The van der Waals surface area contributed by atoms with Crippen molar-refractivity contribution in [3.05, 3.63) is 11.1 Å². The lowest BCUT2D eigenvalue weighted by atomic mass is 9.82. The van der Waals surface area contributed by atoms with Crippen LogP contribution in [0, 0.1) is 40.4 Å². The average molecular weight is 313 g/mol. The van der Waals surface area contributed by atoms with Crippen molar-refractivity contribution in [3.63, 3.8) is 0 Å². The maximum Gasteiger partial charge on any atom is 0.389 e. The highest BCUT2D eigenvalue weighted by Crippen LogP contribution is 2.35. The van der Waals surface area contributed by atoms with E-state index in [0.29, 0.717) is 4.88 Å². The number of alkyl halides is 3. The van der Waals surface area contributed by atoms with Gasteiger partial charge in [0.05, 0.1) is 12.1 Å². The molecule has 0 fully saturated rings. The number of nitrogens with zero attached hydrogens (tertiary/aromatic N) is 3. The summed E-state index contributed by atoms with van der Waals surface area (Å²) in [5, 5.41) is 18.4. The lowest BCUT2D eigenvalue weighted by Crippen LogP contribution is -2.22. The van der Waals surface area contributed by atoms with Crippen molar-refractivity contribution in [2.24, 2.45) is 5.41 Å². The number of hydrogen-bond acceptors (Lipinski definition) is 5. The first-order chi connectivity index (χ1) is 9.84. The molecule has 21 heavy (non-hydrogen) atoms. The smallest absolute Gasteiger partial charge is 0.389 e. The van der Waals surface area contributed by atoms with Gasteiger partial charge in [0.25, 0.3) is 5.19 Å². The van der Waals surface area contributed by atoms with Gasteiger partial charge in [-0.05, 0) is 6.42 Å². The van der Waals surface area contributed by atoms with Gasteiger partial charge in [-0.1, -0.05) is 17.3 Å². The summed E-state index contributed by atoms with van der Waals surface area (Å²) in [6.45, 7) is 0.0165. The molecule has 1 aromatic rings. The predicted octanol–water partition coefficient (Wildman–Crippen LogP) is 3.07. The van der Waals surface area contributed by atoms with E-state index in [9.17, 15) is 13.2 Å². The highest BCUT2D eigenvalue weighted by molar-refractivity contribution is 7.13. The Kier molecular flexibility index (Phi) is 5.58. The Bertz CT molecular complexity index is 590. The van der Waals surface area contributed by atoms with E-state index in [-0.39, 0.29) is 18.2 Å². The molecule has 0 aliphatic rings.